The fourth-order valence-corrected chi connectivity index (χ4v) is 4.34. The lowest BCUT2D eigenvalue weighted by Crippen LogP contribution is -2.45. The van der Waals surface area contributed by atoms with Gasteiger partial charge in [-0.1, -0.05) is 24.3 Å². The van der Waals surface area contributed by atoms with Gasteiger partial charge in [-0.2, -0.15) is 0 Å². The number of nitrogens with one attached hydrogen (secondary N) is 2. The van der Waals surface area contributed by atoms with E-state index >= 15 is 0 Å². The van der Waals surface area contributed by atoms with Crippen molar-refractivity contribution >= 4 is 6.03 Å². The molecule has 1 heterocycles. The van der Waals surface area contributed by atoms with Gasteiger partial charge in [-0.15, -0.1) is 0 Å². The van der Waals surface area contributed by atoms with Crippen molar-refractivity contribution in [2.45, 2.75) is 44.2 Å². The summed E-state index contributed by atoms with van der Waals surface area (Å²) in [5.41, 5.74) is 3.02. The quantitative estimate of drug-likeness (QED) is 0.901. The Kier molecular flexibility index (Phi) is 3.57. The lowest BCUT2D eigenvalue weighted by Gasteiger charge is -2.16. The summed E-state index contributed by atoms with van der Waals surface area (Å²) in [7, 11) is 0. The number of fused-ring (bicyclic) bond motifs is 3. The first-order valence-electron chi connectivity index (χ1n) is 8.48. The third kappa shape index (κ3) is 2.50. The van der Waals surface area contributed by atoms with Crippen LogP contribution in [-0.4, -0.2) is 31.3 Å². The number of urea groups is 1. The summed E-state index contributed by atoms with van der Waals surface area (Å²) in [5.74, 6) is 2.05. The fraction of sp³-hybridized carbons (Fsp3) is 0.611. The van der Waals surface area contributed by atoms with Gasteiger partial charge in [0.05, 0.1) is 12.1 Å². The molecule has 5 unspecified atom stereocenters. The van der Waals surface area contributed by atoms with Gasteiger partial charge in [-0.05, 0) is 55.1 Å². The highest BCUT2D eigenvalue weighted by Gasteiger charge is 2.52. The van der Waals surface area contributed by atoms with Gasteiger partial charge in [-0.3, -0.25) is 0 Å². The average Bonchev–Trinajstić information content (AvgIpc) is 3.12. The molecule has 0 spiro atoms. The standard InChI is InChI=1S/C18H24N2O2/c1-11-16(8-9-22-11)20-18(21)19-10-15-14-7-6-12-4-2-3-5-13(12)17(14)15/h2-5,11,14-17H,6-10H2,1H3,(H2,19,20,21). The van der Waals surface area contributed by atoms with Gasteiger partial charge >= 0.3 is 6.03 Å². The molecule has 3 aliphatic rings. The molecule has 4 rings (SSSR count). The highest BCUT2D eigenvalue weighted by Crippen LogP contribution is 2.59. The second-order valence-electron chi connectivity index (χ2n) is 6.92. The van der Waals surface area contributed by atoms with Crippen molar-refractivity contribution in [3.63, 3.8) is 0 Å². The number of rotatable bonds is 3. The van der Waals surface area contributed by atoms with Crippen LogP contribution in [0.5, 0.6) is 0 Å². The van der Waals surface area contributed by atoms with Crippen LogP contribution in [0, 0.1) is 11.8 Å². The second kappa shape index (κ2) is 5.58. The average molecular weight is 300 g/mol. The molecule has 1 aromatic carbocycles. The number of benzene rings is 1. The molecular weight excluding hydrogens is 276 g/mol. The van der Waals surface area contributed by atoms with Crippen molar-refractivity contribution in [1.82, 2.24) is 10.6 Å². The van der Waals surface area contributed by atoms with Gasteiger partial charge < -0.3 is 15.4 Å². The van der Waals surface area contributed by atoms with E-state index in [0.29, 0.717) is 11.8 Å². The third-order valence-electron chi connectivity index (χ3n) is 5.68. The Hall–Kier alpha value is -1.55. The van der Waals surface area contributed by atoms with Crippen LogP contribution in [-0.2, 0) is 11.2 Å². The Morgan fingerprint density at radius 1 is 1.32 bits per heavy atom. The van der Waals surface area contributed by atoms with E-state index in [-0.39, 0.29) is 18.2 Å². The normalized spacial score (nSPS) is 35.4. The molecule has 22 heavy (non-hydrogen) atoms. The fourth-order valence-electron chi connectivity index (χ4n) is 4.34. The van der Waals surface area contributed by atoms with Gasteiger partial charge in [0, 0.05) is 13.2 Å². The molecular formula is C18H24N2O2. The lowest BCUT2D eigenvalue weighted by atomic mass is 9.92. The van der Waals surface area contributed by atoms with Crippen molar-refractivity contribution in [2.24, 2.45) is 11.8 Å². The van der Waals surface area contributed by atoms with Gasteiger partial charge in [-0.25, -0.2) is 4.79 Å². The number of hydrogen-bond acceptors (Lipinski definition) is 2. The molecule has 2 amide bonds. The van der Waals surface area contributed by atoms with Crippen molar-refractivity contribution < 1.29 is 9.53 Å². The number of carbonyl (C=O) groups is 1. The van der Waals surface area contributed by atoms with E-state index in [1.54, 1.807) is 0 Å². The molecule has 1 aromatic rings. The summed E-state index contributed by atoms with van der Waals surface area (Å²) in [6.07, 6.45) is 3.50. The maximum absolute atomic E-state index is 12.1. The summed E-state index contributed by atoms with van der Waals surface area (Å²) >= 11 is 0. The summed E-state index contributed by atoms with van der Waals surface area (Å²) < 4.78 is 5.48. The number of aryl methyl sites for hydroxylation is 1. The summed E-state index contributed by atoms with van der Waals surface area (Å²) in [6.45, 7) is 3.55. The molecule has 1 saturated carbocycles. The number of hydrogen-bond donors (Lipinski definition) is 2. The van der Waals surface area contributed by atoms with Crippen LogP contribution in [0.15, 0.2) is 24.3 Å². The Morgan fingerprint density at radius 3 is 3.00 bits per heavy atom. The van der Waals surface area contributed by atoms with Crippen LogP contribution in [0.4, 0.5) is 4.79 Å². The Labute approximate surface area is 131 Å². The molecule has 2 aliphatic carbocycles. The molecule has 0 aromatic heterocycles. The summed E-state index contributed by atoms with van der Waals surface area (Å²) in [5, 5.41) is 6.11. The van der Waals surface area contributed by atoms with Crippen LogP contribution in [0.3, 0.4) is 0 Å². The molecule has 0 radical (unpaired) electrons. The molecule has 4 heteroatoms. The summed E-state index contributed by atoms with van der Waals surface area (Å²) in [6, 6.07) is 8.90. The molecule has 1 aliphatic heterocycles. The van der Waals surface area contributed by atoms with Crippen molar-refractivity contribution in [1.29, 1.82) is 0 Å². The topological polar surface area (TPSA) is 50.4 Å². The molecule has 2 N–H and O–H groups in total. The van der Waals surface area contributed by atoms with E-state index < -0.39 is 0 Å². The zero-order valence-electron chi connectivity index (χ0n) is 13.0. The number of amides is 2. The van der Waals surface area contributed by atoms with E-state index in [9.17, 15) is 4.79 Å². The Balaban J connectivity index is 1.30. The van der Waals surface area contributed by atoms with Crippen molar-refractivity contribution in [3.8, 4) is 0 Å². The predicted molar refractivity (Wildman–Crippen MR) is 84.8 cm³/mol. The first-order chi connectivity index (χ1) is 10.7. The smallest absolute Gasteiger partial charge is 0.315 e. The minimum atomic E-state index is -0.0423. The zero-order chi connectivity index (χ0) is 15.1. The first kappa shape index (κ1) is 14.1. The van der Waals surface area contributed by atoms with Crippen molar-refractivity contribution in [3.05, 3.63) is 35.4 Å². The monoisotopic (exact) mass is 300 g/mol. The van der Waals surface area contributed by atoms with Crippen LogP contribution in [0.1, 0.15) is 36.8 Å². The van der Waals surface area contributed by atoms with E-state index in [4.69, 9.17) is 4.74 Å². The SMILES string of the molecule is CC1OCCC1NC(=O)NCC1C2CCc3ccccc3C21. The van der Waals surface area contributed by atoms with E-state index in [1.807, 2.05) is 6.92 Å². The minimum absolute atomic E-state index is 0.0423. The van der Waals surface area contributed by atoms with Gasteiger partial charge in [0.15, 0.2) is 0 Å². The zero-order valence-corrected chi connectivity index (χ0v) is 13.0. The van der Waals surface area contributed by atoms with E-state index in [2.05, 4.69) is 34.9 Å². The molecule has 2 fully saturated rings. The third-order valence-corrected chi connectivity index (χ3v) is 5.68. The van der Waals surface area contributed by atoms with Gasteiger partial charge in [0.2, 0.25) is 0 Å². The number of ether oxygens (including phenoxy) is 1. The van der Waals surface area contributed by atoms with Crippen LogP contribution >= 0.6 is 0 Å². The largest absolute Gasteiger partial charge is 0.376 e. The second-order valence-corrected chi connectivity index (χ2v) is 6.92. The Bertz CT molecular complexity index is 574. The lowest BCUT2D eigenvalue weighted by molar-refractivity contribution is 0.114. The van der Waals surface area contributed by atoms with Crippen molar-refractivity contribution in [2.75, 3.05) is 13.2 Å². The maximum atomic E-state index is 12.1. The van der Waals surface area contributed by atoms with Gasteiger partial charge in [0.1, 0.15) is 0 Å². The first-order valence-corrected chi connectivity index (χ1v) is 8.48. The molecule has 5 atom stereocenters. The maximum Gasteiger partial charge on any atom is 0.315 e. The van der Waals surface area contributed by atoms with Crippen LogP contribution in [0.25, 0.3) is 0 Å². The molecule has 4 nitrogen and oxygen atoms in total. The van der Waals surface area contributed by atoms with Gasteiger partial charge in [0.25, 0.3) is 0 Å². The molecule has 0 bridgehead atoms. The van der Waals surface area contributed by atoms with E-state index in [0.717, 1.165) is 25.5 Å². The number of carbonyl (C=O) groups excluding carboxylic acids is 1. The van der Waals surface area contributed by atoms with Crippen LogP contribution < -0.4 is 10.6 Å². The minimum Gasteiger partial charge on any atom is -0.376 e. The van der Waals surface area contributed by atoms with E-state index in [1.165, 1.54) is 24.0 Å². The molecule has 1 saturated heterocycles. The predicted octanol–water partition coefficient (Wildman–Crippen LogP) is 2.44. The molecule has 118 valence electrons. The highest BCUT2D eigenvalue weighted by atomic mass is 16.5. The highest BCUT2D eigenvalue weighted by molar-refractivity contribution is 5.74. The Morgan fingerprint density at radius 2 is 2.18 bits per heavy atom. The van der Waals surface area contributed by atoms with Crippen LogP contribution in [0.2, 0.25) is 0 Å². The summed E-state index contributed by atoms with van der Waals surface area (Å²) in [4.78, 5) is 12.1.